The molecule has 6 nitrogen and oxygen atoms in total. The zero-order valence-electron chi connectivity index (χ0n) is 16.7. The number of esters is 1. The largest absolute Gasteiger partial charge is 0.497 e. The number of ether oxygens (including phenoxy) is 2. The molecule has 150 valence electrons. The molecule has 0 saturated heterocycles. The van der Waals surface area contributed by atoms with Crippen LogP contribution in [0.15, 0.2) is 59.0 Å². The Hall–Kier alpha value is -3.54. The molecule has 2 aromatic carbocycles. The molecule has 0 atom stereocenters. The van der Waals surface area contributed by atoms with E-state index in [0.29, 0.717) is 29.4 Å². The van der Waals surface area contributed by atoms with Crippen LogP contribution in [0.4, 0.5) is 5.69 Å². The van der Waals surface area contributed by atoms with Gasteiger partial charge in [0.25, 0.3) is 5.91 Å². The van der Waals surface area contributed by atoms with Gasteiger partial charge < -0.3 is 19.2 Å². The summed E-state index contributed by atoms with van der Waals surface area (Å²) in [5, 5.41) is 2.85. The highest BCUT2D eigenvalue weighted by Crippen LogP contribution is 2.27. The molecular weight excluding hydrogens is 370 g/mol. The molecule has 0 radical (unpaired) electrons. The van der Waals surface area contributed by atoms with Crippen molar-refractivity contribution in [2.45, 2.75) is 20.3 Å². The molecule has 3 rings (SSSR count). The molecule has 1 aromatic heterocycles. The van der Waals surface area contributed by atoms with Crippen molar-refractivity contribution in [3.63, 3.8) is 0 Å². The summed E-state index contributed by atoms with van der Waals surface area (Å²) in [5.41, 5.74) is 2.78. The molecule has 0 aliphatic rings. The van der Waals surface area contributed by atoms with E-state index in [1.807, 2.05) is 24.3 Å². The summed E-state index contributed by atoms with van der Waals surface area (Å²) in [7, 11) is 1.61. The van der Waals surface area contributed by atoms with Crippen LogP contribution >= 0.6 is 0 Å². The van der Waals surface area contributed by atoms with E-state index in [0.717, 1.165) is 16.9 Å². The molecule has 1 heterocycles. The van der Waals surface area contributed by atoms with Crippen molar-refractivity contribution in [1.29, 1.82) is 0 Å². The number of hydrogen-bond acceptors (Lipinski definition) is 5. The smallest absolute Gasteiger partial charge is 0.310 e. The maximum Gasteiger partial charge on any atom is 0.310 e. The van der Waals surface area contributed by atoms with Crippen molar-refractivity contribution in [2.75, 3.05) is 19.0 Å². The van der Waals surface area contributed by atoms with Gasteiger partial charge in [-0.15, -0.1) is 0 Å². The molecule has 29 heavy (non-hydrogen) atoms. The van der Waals surface area contributed by atoms with Crippen LogP contribution in [-0.4, -0.2) is 25.6 Å². The first-order chi connectivity index (χ1) is 14.0. The summed E-state index contributed by atoms with van der Waals surface area (Å²) in [4.78, 5) is 24.2. The van der Waals surface area contributed by atoms with E-state index in [4.69, 9.17) is 13.9 Å². The second kappa shape index (κ2) is 9.10. The van der Waals surface area contributed by atoms with Gasteiger partial charge in [-0.3, -0.25) is 9.59 Å². The summed E-state index contributed by atoms with van der Waals surface area (Å²) < 4.78 is 15.9. The fourth-order valence-electron chi connectivity index (χ4n) is 2.89. The number of amides is 1. The Labute approximate surface area is 169 Å². The van der Waals surface area contributed by atoms with Gasteiger partial charge in [-0.1, -0.05) is 12.1 Å². The van der Waals surface area contributed by atoms with Gasteiger partial charge in [-0.05, 0) is 61.9 Å². The van der Waals surface area contributed by atoms with Crippen molar-refractivity contribution in [3.05, 3.63) is 71.5 Å². The van der Waals surface area contributed by atoms with Crippen LogP contribution in [-0.2, 0) is 16.0 Å². The zero-order valence-corrected chi connectivity index (χ0v) is 16.7. The van der Waals surface area contributed by atoms with Crippen molar-refractivity contribution in [2.24, 2.45) is 0 Å². The van der Waals surface area contributed by atoms with Crippen LogP contribution < -0.4 is 10.1 Å². The number of furan rings is 1. The van der Waals surface area contributed by atoms with Gasteiger partial charge in [0.05, 0.1) is 25.7 Å². The second-order valence-electron chi connectivity index (χ2n) is 6.44. The molecule has 1 N–H and O–H groups in total. The summed E-state index contributed by atoms with van der Waals surface area (Å²) in [6.07, 6.45) is 0.203. The number of hydrogen-bond donors (Lipinski definition) is 1. The van der Waals surface area contributed by atoms with E-state index >= 15 is 0 Å². The Bertz CT molecular complexity index is 987. The fourth-order valence-corrected chi connectivity index (χ4v) is 2.89. The van der Waals surface area contributed by atoms with Crippen LogP contribution in [0.25, 0.3) is 11.3 Å². The molecule has 3 aromatic rings. The van der Waals surface area contributed by atoms with E-state index in [-0.39, 0.29) is 18.3 Å². The van der Waals surface area contributed by atoms with Gasteiger partial charge in [0.15, 0.2) is 0 Å². The minimum Gasteiger partial charge on any atom is -0.497 e. The average molecular weight is 393 g/mol. The van der Waals surface area contributed by atoms with Crippen LogP contribution in [0.5, 0.6) is 5.75 Å². The van der Waals surface area contributed by atoms with Gasteiger partial charge in [0, 0.05) is 11.3 Å². The standard InChI is InChI=1S/C23H23NO5/c1-4-28-22(25)13-16-5-9-18(10-6-16)24-23(26)20-14-21(29-15(20)2)17-7-11-19(27-3)12-8-17/h5-12,14H,4,13H2,1-3H3,(H,24,26). The lowest BCUT2D eigenvalue weighted by atomic mass is 10.1. The van der Waals surface area contributed by atoms with Gasteiger partial charge in [-0.25, -0.2) is 0 Å². The minimum atomic E-state index is -0.274. The highest BCUT2D eigenvalue weighted by molar-refractivity contribution is 6.05. The number of benzene rings is 2. The predicted octanol–water partition coefficient (Wildman–Crippen LogP) is 4.62. The summed E-state index contributed by atoms with van der Waals surface area (Å²) >= 11 is 0. The number of anilines is 1. The third-order valence-electron chi connectivity index (χ3n) is 4.40. The van der Waals surface area contributed by atoms with Gasteiger partial charge in [-0.2, -0.15) is 0 Å². The monoisotopic (exact) mass is 393 g/mol. The highest BCUT2D eigenvalue weighted by atomic mass is 16.5. The number of carbonyl (C=O) groups is 2. The first kappa shape index (κ1) is 20.2. The molecule has 0 bridgehead atoms. The molecule has 6 heteroatoms. The van der Waals surface area contributed by atoms with Gasteiger partial charge >= 0.3 is 5.97 Å². The quantitative estimate of drug-likeness (QED) is 0.593. The Morgan fingerprint density at radius 2 is 1.72 bits per heavy atom. The molecule has 0 saturated carbocycles. The fraction of sp³-hybridized carbons (Fsp3) is 0.217. The Morgan fingerprint density at radius 3 is 2.34 bits per heavy atom. The molecule has 1 amide bonds. The first-order valence-electron chi connectivity index (χ1n) is 9.31. The van der Waals surface area contributed by atoms with Crippen molar-refractivity contribution in [1.82, 2.24) is 0 Å². The van der Waals surface area contributed by atoms with E-state index in [1.165, 1.54) is 0 Å². The van der Waals surface area contributed by atoms with Crippen molar-refractivity contribution >= 4 is 17.6 Å². The normalized spacial score (nSPS) is 10.4. The zero-order chi connectivity index (χ0) is 20.8. The summed E-state index contributed by atoms with van der Waals surface area (Å²) in [6, 6.07) is 16.2. The van der Waals surface area contributed by atoms with Gasteiger partial charge in [0.2, 0.25) is 0 Å². The Balaban J connectivity index is 1.69. The number of rotatable bonds is 7. The SMILES string of the molecule is CCOC(=O)Cc1ccc(NC(=O)c2cc(-c3ccc(OC)cc3)oc2C)cc1. The Kier molecular flexibility index (Phi) is 6.34. The first-order valence-corrected chi connectivity index (χ1v) is 9.31. The van der Waals surface area contributed by atoms with E-state index in [9.17, 15) is 9.59 Å². The minimum absolute atomic E-state index is 0.203. The molecule has 0 unspecified atom stereocenters. The third kappa shape index (κ3) is 5.04. The molecule has 0 fully saturated rings. The predicted molar refractivity (Wildman–Crippen MR) is 110 cm³/mol. The maximum absolute atomic E-state index is 12.7. The van der Waals surface area contributed by atoms with Gasteiger partial charge in [0.1, 0.15) is 17.3 Å². The molecular formula is C23H23NO5. The van der Waals surface area contributed by atoms with Crippen LogP contribution in [0.2, 0.25) is 0 Å². The number of carbonyl (C=O) groups excluding carboxylic acids is 2. The lowest BCUT2D eigenvalue weighted by molar-refractivity contribution is -0.142. The van der Waals surface area contributed by atoms with E-state index in [2.05, 4.69) is 5.32 Å². The summed E-state index contributed by atoms with van der Waals surface area (Å²) in [5.74, 6) is 1.36. The number of methoxy groups -OCH3 is 1. The lowest BCUT2D eigenvalue weighted by Gasteiger charge is -2.06. The van der Waals surface area contributed by atoms with Crippen molar-refractivity contribution < 1.29 is 23.5 Å². The number of nitrogens with one attached hydrogen (secondary N) is 1. The molecule has 0 aliphatic heterocycles. The van der Waals surface area contributed by atoms with Crippen LogP contribution in [0, 0.1) is 6.92 Å². The lowest BCUT2D eigenvalue weighted by Crippen LogP contribution is -2.12. The van der Waals surface area contributed by atoms with Crippen LogP contribution in [0.1, 0.15) is 28.6 Å². The molecule has 0 spiro atoms. The second-order valence-corrected chi connectivity index (χ2v) is 6.44. The molecule has 0 aliphatic carbocycles. The van der Waals surface area contributed by atoms with E-state index in [1.54, 1.807) is 51.3 Å². The van der Waals surface area contributed by atoms with Crippen molar-refractivity contribution in [3.8, 4) is 17.1 Å². The highest BCUT2D eigenvalue weighted by Gasteiger charge is 2.16. The topological polar surface area (TPSA) is 77.8 Å². The average Bonchev–Trinajstić information content (AvgIpc) is 3.11. The van der Waals surface area contributed by atoms with Crippen LogP contribution in [0.3, 0.4) is 0 Å². The summed E-state index contributed by atoms with van der Waals surface area (Å²) in [6.45, 7) is 3.88. The van der Waals surface area contributed by atoms with E-state index < -0.39 is 0 Å². The Morgan fingerprint density at radius 1 is 1.03 bits per heavy atom. The number of aryl methyl sites for hydroxylation is 1. The third-order valence-corrected chi connectivity index (χ3v) is 4.40. The maximum atomic E-state index is 12.7.